The average molecular weight is 389 g/mol. The van der Waals surface area contributed by atoms with E-state index in [1.54, 1.807) is 22.9 Å². The lowest BCUT2D eigenvalue weighted by atomic mass is 9.86. The summed E-state index contributed by atoms with van der Waals surface area (Å²) < 4.78 is 1.68. The molecule has 7 heteroatoms. The predicted octanol–water partition coefficient (Wildman–Crippen LogP) is 3.23. The first-order valence-corrected chi connectivity index (χ1v) is 10.7. The number of hydrogen-bond acceptors (Lipinski definition) is 5. The van der Waals surface area contributed by atoms with Crippen LogP contribution in [0.3, 0.4) is 0 Å². The molecule has 2 aromatic heterocycles. The fourth-order valence-corrected chi connectivity index (χ4v) is 4.39. The van der Waals surface area contributed by atoms with Gasteiger partial charge < -0.3 is 5.32 Å². The van der Waals surface area contributed by atoms with Crippen LogP contribution in [0.15, 0.2) is 28.3 Å². The summed E-state index contributed by atoms with van der Waals surface area (Å²) in [6.07, 6.45) is 6.27. The van der Waals surface area contributed by atoms with Crippen molar-refractivity contribution in [2.45, 2.75) is 64.2 Å². The SMILES string of the molecule is CC(C)Cn1c(SCC(=O)N[C@@H]2CCCC[C@@H]2C)nc2ncccc2c1=O. The van der Waals surface area contributed by atoms with E-state index in [0.717, 1.165) is 6.42 Å². The average Bonchev–Trinajstić information content (AvgIpc) is 2.64. The second kappa shape index (κ2) is 8.87. The topological polar surface area (TPSA) is 76.9 Å². The summed E-state index contributed by atoms with van der Waals surface area (Å²) in [5.41, 5.74) is 0.344. The van der Waals surface area contributed by atoms with Crippen LogP contribution in [0.2, 0.25) is 0 Å². The fraction of sp³-hybridized carbons (Fsp3) is 0.600. The molecule has 0 aliphatic heterocycles. The van der Waals surface area contributed by atoms with Crippen LogP contribution in [0.1, 0.15) is 46.5 Å². The summed E-state index contributed by atoms with van der Waals surface area (Å²) in [7, 11) is 0. The first-order chi connectivity index (χ1) is 13.0. The largest absolute Gasteiger partial charge is 0.352 e. The van der Waals surface area contributed by atoms with E-state index in [1.807, 2.05) is 0 Å². The van der Waals surface area contributed by atoms with Gasteiger partial charge in [-0.15, -0.1) is 0 Å². The van der Waals surface area contributed by atoms with Crippen LogP contribution in [-0.4, -0.2) is 32.2 Å². The lowest BCUT2D eigenvalue weighted by Crippen LogP contribution is -2.42. The standard InChI is InChI=1S/C20H28N4O2S/c1-13(2)11-24-19(26)15-8-6-10-21-18(15)23-20(24)27-12-17(25)22-16-9-5-4-7-14(16)3/h6,8,10,13-14,16H,4-5,7,9,11-12H2,1-3H3,(H,22,25)/t14-,16+/m0/s1. The Balaban J connectivity index is 1.76. The maximum Gasteiger partial charge on any atom is 0.263 e. The number of rotatable bonds is 6. The molecule has 6 nitrogen and oxygen atoms in total. The summed E-state index contributed by atoms with van der Waals surface area (Å²) in [6.45, 7) is 6.89. The van der Waals surface area contributed by atoms with Crippen molar-refractivity contribution in [1.82, 2.24) is 19.9 Å². The molecule has 1 aliphatic carbocycles. The van der Waals surface area contributed by atoms with Crippen molar-refractivity contribution in [2.24, 2.45) is 11.8 Å². The second-order valence-corrected chi connectivity index (χ2v) is 8.75. The molecule has 0 radical (unpaired) electrons. The van der Waals surface area contributed by atoms with E-state index in [4.69, 9.17) is 0 Å². The van der Waals surface area contributed by atoms with Gasteiger partial charge in [0.25, 0.3) is 5.56 Å². The van der Waals surface area contributed by atoms with Crippen molar-refractivity contribution < 1.29 is 4.79 Å². The number of hydrogen-bond donors (Lipinski definition) is 1. The number of fused-ring (bicyclic) bond motifs is 1. The van der Waals surface area contributed by atoms with Gasteiger partial charge in [-0.3, -0.25) is 14.2 Å². The van der Waals surface area contributed by atoms with Crippen LogP contribution in [0.25, 0.3) is 11.0 Å². The molecule has 27 heavy (non-hydrogen) atoms. The minimum Gasteiger partial charge on any atom is -0.352 e. The third kappa shape index (κ3) is 4.89. The quantitative estimate of drug-likeness (QED) is 0.607. The molecule has 0 aromatic carbocycles. The Bertz CT molecular complexity index is 865. The summed E-state index contributed by atoms with van der Waals surface area (Å²) in [5.74, 6) is 1.08. The Morgan fingerprint density at radius 2 is 2.15 bits per heavy atom. The molecule has 0 saturated heterocycles. The van der Waals surface area contributed by atoms with Gasteiger partial charge in [0.2, 0.25) is 5.91 Å². The number of pyridine rings is 1. The molecule has 146 valence electrons. The van der Waals surface area contributed by atoms with Crippen molar-refractivity contribution in [3.8, 4) is 0 Å². The van der Waals surface area contributed by atoms with Crippen molar-refractivity contribution >= 4 is 28.7 Å². The van der Waals surface area contributed by atoms with Crippen LogP contribution in [0.4, 0.5) is 0 Å². The Kier molecular flexibility index (Phi) is 6.52. The van der Waals surface area contributed by atoms with Gasteiger partial charge in [-0.1, -0.05) is 45.4 Å². The molecule has 0 bridgehead atoms. The molecule has 0 spiro atoms. The molecule has 1 amide bonds. The van der Waals surface area contributed by atoms with Crippen LogP contribution >= 0.6 is 11.8 Å². The highest BCUT2D eigenvalue weighted by molar-refractivity contribution is 7.99. The third-order valence-electron chi connectivity index (χ3n) is 5.03. The highest BCUT2D eigenvalue weighted by atomic mass is 32.2. The van der Waals surface area contributed by atoms with E-state index >= 15 is 0 Å². The highest BCUT2D eigenvalue weighted by Crippen LogP contribution is 2.24. The molecule has 2 heterocycles. The molecule has 3 rings (SSSR count). The number of carbonyl (C=O) groups is 1. The molecule has 2 atom stereocenters. The molecule has 2 aromatic rings. The minimum absolute atomic E-state index is 0.00483. The zero-order chi connectivity index (χ0) is 19.4. The molecular weight excluding hydrogens is 360 g/mol. The van der Waals surface area contributed by atoms with Crippen molar-refractivity contribution in [3.05, 3.63) is 28.7 Å². The highest BCUT2D eigenvalue weighted by Gasteiger charge is 2.23. The first-order valence-electron chi connectivity index (χ1n) is 9.73. The summed E-state index contributed by atoms with van der Waals surface area (Å²) in [6, 6.07) is 3.76. The number of thioether (sulfide) groups is 1. The Hall–Kier alpha value is -1.89. The molecule has 1 N–H and O–H groups in total. The van der Waals surface area contributed by atoms with Gasteiger partial charge in [0.1, 0.15) is 0 Å². The number of nitrogens with zero attached hydrogens (tertiary/aromatic N) is 3. The number of nitrogens with one attached hydrogen (secondary N) is 1. The minimum atomic E-state index is -0.0920. The first kappa shape index (κ1) is 19.9. The van der Waals surface area contributed by atoms with E-state index in [1.165, 1.54) is 31.0 Å². The normalized spacial score (nSPS) is 20.1. The van der Waals surface area contributed by atoms with Crippen LogP contribution < -0.4 is 10.9 Å². The predicted molar refractivity (Wildman–Crippen MR) is 109 cm³/mol. The van der Waals surface area contributed by atoms with Gasteiger partial charge in [-0.05, 0) is 36.8 Å². The Labute approximate surface area is 164 Å². The maximum atomic E-state index is 12.9. The summed E-state index contributed by atoms with van der Waals surface area (Å²) in [5, 5.41) is 4.24. The van der Waals surface area contributed by atoms with Gasteiger partial charge >= 0.3 is 0 Å². The molecule has 1 fully saturated rings. The Morgan fingerprint density at radius 1 is 1.37 bits per heavy atom. The maximum absolute atomic E-state index is 12.9. The zero-order valence-electron chi connectivity index (χ0n) is 16.3. The number of aromatic nitrogens is 3. The van der Waals surface area contributed by atoms with Gasteiger partial charge in [-0.25, -0.2) is 9.97 Å². The van der Waals surface area contributed by atoms with Crippen LogP contribution in [0.5, 0.6) is 0 Å². The summed E-state index contributed by atoms with van der Waals surface area (Å²) >= 11 is 1.32. The Morgan fingerprint density at radius 3 is 2.89 bits per heavy atom. The molecule has 1 aliphatic rings. The lowest BCUT2D eigenvalue weighted by Gasteiger charge is -2.29. The van der Waals surface area contributed by atoms with E-state index in [2.05, 4.69) is 36.1 Å². The van der Waals surface area contributed by atoms with Crippen LogP contribution in [-0.2, 0) is 11.3 Å². The molecule has 1 saturated carbocycles. The van der Waals surface area contributed by atoms with Crippen molar-refractivity contribution in [3.63, 3.8) is 0 Å². The van der Waals surface area contributed by atoms with Gasteiger partial charge in [0.15, 0.2) is 10.8 Å². The number of carbonyl (C=O) groups excluding carboxylic acids is 1. The van der Waals surface area contributed by atoms with Crippen LogP contribution in [0, 0.1) is 11.8 Å². The molecular formula is C20H28N4O2S. The van der Waals surface area contributed by atoms with E-state index in [0.29, 0.717) is 34.6 Å². The lowest BCUT2D eigenvalue weighted by molar-refractivity contribution is -0.119. The van der Waals surface area contributed by atoms with E-state index in [-0.39, 0.29) is 23.3 Å². The smallest absolute Gasteiger partial charge is 0.263 e. The third-order valence-corrected chi connectivity index (χ3v) is 6.01. The monoisotopic (exact) mass is 388 g/mol. The van der Waals surface area contributed by atoms with E-state index < -0.39 is 0 Å². The van der Waals surface area contributed by atoms with Gasteiger partial charge in [0.05, 0.1) is 11.1 Å². The van der Waals surface area contributed by atoms with Gasteiger partial charge in [0, 0.05) is 18.8 Å². The van der Waals surface area contributed by atoms with Crippen molar-refractivity contribution in [1.29, 1.82) is 0 Å². The van der Waals surface area contributed by atoms with E-state index in [9.17, 15) is 9.59 Å². The fourth-order valence-electron chi connectivity index (χ4n) is 3.58. The zero-order valence-corrected chi connectivity index (χ0v) is 17.1. The molecule has 0 unspecified atom stereocenters. The summed E-state index contributed by atoms with van der Waals surface area (Å²) in [4.78, 5) is 34.1. The second-order valence-electron chi connectivity index (χ2n) is 7.80. The van der Waals surface area contributed by atoms with Crippen molar-refractivity contribution in [2.75, 3.05) is 5.75 Å². The number of amides is 1. The van der Waals surface area contributed by atoms with Gasteiger partial charge in [-0.2, -0.15) is 0 Å².